The van der Waals surface area contributed by atoms with E-state index in [4.69, 9.17) is 4.89 Å². The van der Waals surface area contributed by atoms with E-state index in [9.17, 15) is 24.8 Å². The van der Waals surface area contributed by atoms with Gasteiger partial charge in [-0.3, -0.25) is 20.2 Å². The maximum Gasteiger partial charge on any atom is 0.365 e. The van der Waals surface area contributed by atoms with Crippen LogP contribution in [0.1, 0.15) is 0 Å². The van der Waals surface area contributed by atoms with Crippen LogP contribution in [0.4, 0.5) is 11.4 Å². The van der Waals surface area contributed by atoms with Crippen molar-refractivity contribution in [1.29, 1.82) is 0 Å². The molecule has 1 atom stereocenters. The molecule has 0 radical (unpaired) electrons. The van der Waals surface area contributed by atoms with Crippen molar-refractivity contribution in [3.05, 3.63) is 32.4 Å². The summed E-state index contributed by atoms with van der Waals surface area (Å²) < 4.78 is 19.6. The number of rotatable bonds is 5. The minimum atomic E-state index is -3.48. The molecule has 1 aromatic carbocycles. The molecule has 1 N–H and O–H groups in total. The Labute approximate surface area is 113 Å². The molecule has 0 aliphatic rings. The zero-order valence-electron chi connectivity index (χ0n) is 8.23. The Bertz CT molecular complexity index is 535. The topological polar surface area (TPSA) is 142 Å². The highest BCUT2D eigenvalue weighted by atomic mass is 127. The molecule has 98 valence electrons. The second-order valence-electron chi connectivity index (χ2n) is 2.75. The number of nitro benzene ring substituents is 2. The largest absolute Gasteiger partial charge is 0.422 e. The van der Waals surface area contributed by atoms with Crippen LogP contribution >= 0.6 is 31.3 Å². The van der Waals surface area contributed by atoms with Gasteiger partial charge in [-0.05, 0) is 0 Å². The molecule has 12 heteroatoms. The molecule has 0 saturated carbocycles. The lowest BCUT2D eigenvalue weighted by Gasteiger charge is -2.06. The molecule has 0 amide bonds. The predicted octanol–water partition coefficient (Wildman–Crippen LogP) is 1.99. The predicted molar refractivity (Wildman–Crippen MR) is 66.2 cm³/mol. The maximum atomic E-state index is 10.7. The fraction of sp³-hybridized carbons (Fsp3) is 0. The lowest BCUT2D eigenvalue weighted by atomic mass is 10.2. The normalized spacial score (nSPS) is 11.7. The summed E-state index contributed by atoms with van der Waals surface area (Å²) in [5, 5.41) is 21.3. The van der Waals surface area contributed by atoms with Crippen LogP contribution in [-0.4, -0.2) is 14.7 Å². The smallest absolute Gasteiger partial charge is 0.365 e. The molecule has 10 nitrogen and oxygen atoms in total. The quantitative estimate of drug-likeness (QED) is 0.348. The van der Waals surface area contributed by atoms with E-state index in [0.29, 0.717) is 6.07 Å². The fourth-order valence-corrected chi connectivity index (χ4v) is 1.84. The monoisotopic (exact) mass is 390 g/mol. The summed E-state index contributed by atoms with van der Waals surface area (Å²) in [6, 6.07) is 1.43. The second kappa shape index (κ2) is 5.93. The molecule has 1 unspecified atom stereocenters. The molecule has 0 heterocycles. The standard InChI is InChI=1S/C6H4IN2O8P/c7-16-6-4(9(12)13)1-3(8(10)11)2-5(6)17-18(14)15/h1-2,18H,(H,14,15). The summed E-state index contributed by atoms with van der Waals surface area (Å²) >= 11 is 1.29. The molecule has 1 aromatic rings. The van der Waals surface area contributed by atoms with Gasteiger partial charge in [0.2, 0.25) is 0 Å². The van der Waals surface area contributed by atoms with Crippen LogP contribution < -0.4 is 7.59 Å². The van der Waals surface area contributed by atoms with Crippen LogP contribution in [0.5, 0.6) is 11.5 Å². The van der Waals surface area contributed by atoms with E-state index in [2.05, 4.69) is 7.59 Å². The highest BCUT2D eigenvalue weighted by Crippen LogP contribution is 2.44. The highest BCUT2D eigenvalue weighted by molar-refractivity contribution is 14.1. The highest BCUT2D eigenvalue weighted by Gasteiger charge is 2.27. The van der Waals surface area contributed by atoms with Gasteiger partial charge < -0.3 is 12.5 Å². The number of halogens is 1. The average Bonchev–Trinajstić information content (AvgIpc) is 2.26. The lowest BCUT2D eigenvalue weighted by Crippen LogP contribution is -1.97. The van der Waals surface area contributed by atoms with Crippen molar-refractivity contribution in [2.75, 3.05) is 0 Å². The first-order valence-corrected chi connectivity index (χ1v) is 6.17. The Morgan fingerprint density at radius 1 is 1.28 bits per heavy atom. The van der Waals surface area contributed by atoms with E-state index in [1.54, 1.807) is 0 Å². The Hall–Kier alpha value is -1.46. The zero-order chi connectivity index (χ0) is 13.9. The molecular formula is C6H4IN2O8P. The Morgan fingerprint density at radius 2 is 1.89 bits per heavy atom. The van der Waals surface area contributed by atoms with E-state index in [0.717, 1.165) is 6.07 Å². The van der Waals surface area contributed by atoms with Crippen molar-refractivity contribution in [3.63, 3.8) is 0 Å². The maximum absolute atomic E-state index is 10.7. The molecule has 0 aliphatic heterocycles. The third kappa shape index (κ3) is 3.27. The summed E-state index contributed by atoms with van der Waals surface area (Å²) in [6.45, 7) is 0. The summed E-state index contributed by atoms with van der Waals surface area (Å²) in [4.78, 5) is 28.1. The van der Waals surface area contributed by atoms with Gasteiger partial charge in [-0.25, -0.2) is 4.57 Å². The molecule has 0 aliphatic carbocycles. The van der Waals surface area contributed by atoms with Crippen LogP contribution in [0.15, 0.2) is 12.1 Å². The summed E-state index contributed by atoms with van der Waals surface area (Å²) in [5.74, 6) is -1.02. The molecular weight excluding hydrogens is 386 g/mol. The molecule has 18 heavy (non-hydrogen) atoms. The first kappa shape index (κ1) is 14.6. The van der Waals surface area contributed by atoms with Crippen molar-refractivity contribution >= 4 is 42.6 Å². The SMILES string of the molecule is O=[N+]([O-])c1cc(O[PH](=O)O)c(OI)c([N+](=O)[O-])c1. The lowest BCUT2D eigenvalue weighted by molar-refractivity contribution is -0.394. The van der Waals surface area contributed by atoms with Gasteiger partial charge in [0, 0.05) is 0 Å². The van der Waals surface area contributed by atoms with E-state index in [1.807, 2.05) is 0 Å². The van der Waals surface area contributed by atoms with Crippen molar-refractivity contribution < 1.29 is 26.9 Å². The number of nitrogens with zero attached hydrogens (tertiary/aromatic N) is 2. The third-order valence-electron chi connectivity index (χ3n) is 1.70. The van der Waals surface area contributed by atoms with Crippen molar-refractivity contribution in [2.24, 2.45) is 0 Å². The molecule has 0 saturated heterocycles. The summed E-state index contributed by atoms with van der Waals surface area (Å²) in [6.07, 6.45) is 0. The van der Waals surface area contributed by atoms with Crippen LogP contribution in [0.2, 0.25) is 0 Å². The molecule has 0 fully saturated rings. The molecule has 0 spiro atoms. The van der Waals surface area contributed by atoms with Crippen LogP contribution in [0.25, 0.3) is 0 Å². The zero-order valence-corrected chi connectivity index (χ0v) is 11.4. The third-order valence-corrected chi connectivity index (χ3v) is 2.54. The van der Waals surface area contributed by atoms with Crippen LogP contribution in [0.3, 0.4) is 0 Å². The number of hydrogen-bond donors (Lipinski definition) is 1. The molecule has 1 rings (SSSR count). The molecule has 0 bridgehead atoms. The Balaban J connectivity index is 3.50. The van der Waals surface area contributed by atoms with Gasteiger partial charge in [0.05, 0.1) is 22.0 Å². The van der Waals surface area contributed by atoms with Gasteiger partial charge in [0.1, 0.15) is 0 Å². The number of hydrogen-bond acceptors (Lipinski definition) is 7. The first-order valence-electron chi connectivity index (χ1n) is 4.03. The van der Waals surface area contributed by atoms with Gasteiger partial charge in [-0.1, -0.05) is 0 Å². The number of benzene rings is 1. The first-order chi connectivity index (χ1) is 8.36. The Morgan fingerprint density at radius 3 is 2.28 bits per heavy atom. The molecule has 0 aromatic heterocycles. The summed E-state index contributed by atoms with van der Waals surface area (Å²) in [7, 11) is -3.48. The van der Waals surface area contributed by atoms with E-state index in [1.165, 1.54) is 23.0 Å². The fourth-order valence-electron chi connectivity index (χ4n) is 1.06. The minimum absolute atomic E-state index is 0.474. The average molecular weight is 390 g/mol. The van der Waals surface area contributed by atoms with Crippen LogP contribution in [-0.2, 0) is 4.57 Å². The van der Waals surface area contributed by atoms with Gasteiger partial charge in [-0.2, -0.15) is 0 Å². The van der Waals surface area contributed by atoms with Crippen LogP contribution in [0, 0.1) is 20.2 Å². The second-order valence-corrected chi connectivity index (χ2v) is 3.93. The van der Waals surface area contributed by atoms with E-state index < -0.39 is 41.0 Å². The van der Waals surface area contributed by atoms with Crippen molar-refractivity contribution in [1.82, 2.24) is 0 Å². The van der Waals surface area contributed by atoms with E-state index >= 15 is 0 Å². The van der Waals surface area contributed by atoms with Gasteiger partial charge >= 0.3 is 13.9 Å². The van der Waals surface area contributed by atoms with E-state index in [-0.39, 0.29) is 0 Å². The van der Waals surface area contributed by atoms with Crippen molar-refractivity contribution in [3.8, 4) is 11.5 Å². The van der Waals surface area contributed by atoms with Gasteiger partial charge in [0.25, 0.3) is 11.4 Å². The van der Waals surface area contributed by atoms with Crippen molar-refractivity contribution in [2.45, 2.75) is 0 Å². The number of non-ortho nitro benzene ring substituents is 1. The minimum Gasteiger partial charge on any atom is -0.422 e. The Kier molecular flexibility index (Phi) is 4.81. The van der Waals surface area contributed by atoms with Gasteiger partial charge in [0.15, 0.2) is 28.8 Å². The summed E-state index contributed by atoms with van der Waals surface area (Å²) in [5.41, 5.74) is -1.39. The number of nitro groups is 2. The van der Waals surface area contributed by atoms with Gasteiger partial charge in [-0.15, -0.1) is 0 Å².